The zero-order valence-electron chi connectivity index (χ0n) is 39.2. The number of allylic oxidation sites excluding steroid dienone is 4. The Morgan fingerprint density at radius 3 is 2.09 bits per heavy atom. The number of amides is 4. The third-order valence-corrected chi connectivity index (χ3v) is 15.6. The van der Waals surface area contributed by atoms with E-state index in [-0.39, 0.29) is 53.2 Å². The number of nitrogens with zero attached hydrogens (tertiary/aromatic N) is 4. The van der Waals surface area contributed by atoms with E-state index < -0.39 is 24.3 Å². The topological polar surface area (TPSA) is 158 Å². The van der Waals surface area contributed by atoms with Crippen LogP contribution in [0.4, 0.5) is 9.59 Å². The van der Waals surface area contributed by atoms with Gasteiger partial charge in [0.05, 0.1) is 44.2 Å². The molecule has 8 atom stereocenters. The van der Waals surface area contributed by atoms with E-state index in [0.29, 0.717) is 11.8 Å². The van der Waals surface area contributed by atoms with E-state index in [4.69, 9.17) is 19.5 Å². The lowest BCUT2D eigenvalue weighted by Crippen LogP contribution is -2.54. The Morgan fingerprint density at radius 2 is 1.45 bits per heavy atom. The van der Waals surface area contributed by atoms with Crippen molar-refractivity contribution in [3.8, 4) is 11.3 Å². The van der Waals surface area contributed by atoms with Crippen LogP contribution in [0.2, 0.25) is 0 Å². The summed E-state index contributed by atoms with van der Waals surface area (Å²) < 4.78 is 9.75. The number of piperidine rings is 1. The van der Waals surface area contributed by atoms with Gasteiger partial charge in [-0.25, -0.2) is 14.6 Å². The molecule has 1 spiro atoms. The highest BCUT2D eigenvalue weighted by molar-refractivity contribution is 6.02. The number of benzene rings is 2. The Hall–Kier alpha value is -5.46. The molecular formula is C52H67N7O6. The van der Waals surface area contributed by atoms with Gasteiger partial charge in [-0.15, -0.1) is 0 Å². The normalized spacial score (nSPS) is 26.7. The van der Waals surface area contributed by atoms with E-state index in [1.807, 2.05) is 38.8 Å². The summed E-state index contributed by atoms with van der Waals surface area (Å²) >= 11 is 0. The predicted octanol–water partition coefficient (Wildman–Crippen LogP) is 9.16. The summed E-state index contributed by atoms with van der Waals surface area (Å²) in [5.74, 6) is 1.35. The van der Waals surface area contributed by atoms with Gasteiger partial charge in [0.1, 0.15) is 17.9 Å². The number of H-pyrrole nitrogens is 1. The number of methoxy groups -OCH3 is 2. The Morgan fingerprint density at radius 1 is 0.800 bits per heavy atom. The van der Waals surface area contributed by atoms with E-state index in [2.05, 4.69) is 76.0 Å². The molecule has 3 aliphatic carbocycles. The first kappa shape index (κ1) is 44.7. The van der Waals surface area contributed by atoms with Crippen LogP contribution in [0, 0.1) is 29.1 Å². The molecule has 2 bridgehead atoms. The van der Waals surface area contributed by atoms with Crippen LogP contribution in [-0.4, -0.2) is 100 Å². The molecule has 3 aliphatic heterocycles. The van der Waals surface area contributed by atoms with Crippen LogP contribution in [0.15, 0.2) is 65.3 Å². The molecule has 65 heavy (non-hydrogen) atoms. The lowest BCUT2D eigenvalue weighted by Gasteiger charge is -2.37. The molecule has 6 aliphatic rings. The summed E-state index contributed by atoms with van der Waals surface area (Å²) in [6.07, 6.45) is 16.3. The molecule has 4 heterocycles. The molecule has 4 amide bonds. The summed E-state index contributed by atoms with van der Waals surface area (Å²) in [6, 6.07) is 11.9. The number of rotatable bonds is 11. The molecule has 2 saturated carbocycles. The zero-order valence-corrected chi connectivity index (χ0v) is 39.2. The fourth-order valence-corrected chi connectivity index (χ4v) is 11.7. The van der Waals surface area contributed by atoms with Gasteiger partial charge in [-0.05, 0) is 139 Å². The van der Waals surface area contributed by atoms with Crippen molar-refractivity contribution in [2.24, 2.45) is 34.1 Å². The second-order valence-electron chi connectivity index (χ2n) is 20.7. The van der Waals surface area contributed by atoms with Crippen molar-refractivity contribution in [1.29, 1.82) is 0 Å². The smallest absolute Gasteiger partial charge is 0.407 e. The highest BCUT2D eigenvalue weighted by Gasteiger charge is 2.56. The summed E-state index contributed by atoms with van der Waals surface area (Å²) in [4.78, 5) is 70.8. The molecule has 1 aromatic heterocycles. The molecule has 8 unspecified atom stereocenters. The van der Waals surface area contributed by atoms with Gasteiger partial charge in [-0.3, -0.25) is 14.6 Å². The monoisotopic (exact) mass is 886 g/mol. The van der Waals surface area contributed by atoms with Gasteiger partial charge in [0.2, 0.25) is 11.8 Å². The standard InChI is InChI=1S/C52H67N7O6/c1-29(2)44(56-50(62)64-6)48(60)58-28-52(20-21-52)26-43(58)41-22-31(5)8-19-40(54-41)33-11-9-32(10-12-33)34-13-14-36-24-37(16-15-35(36)23-34)42-27-53-47(55-42)46-38-17-18-39(25-38)59(46)49(61)45(30(3)4)57-51(63)65-7/h9,11,13-16,23-24,27,29-31,38-39,41,43-46H,8,10,12,17-22,25-26,28H2,1-7H3,(H,53,55)(H,56,62)(H,57,63). The lowest BCUT2D eigenvalue weighted by atomic mass is 9.88. The molecule has 2 saturated heterocycles. The molecule has 4 fully saturated rings. The SMILES string of the molecule is COC(=O)NC(C(=O)N1CC2(CC2)CC1C1CC(C)CCC(C2=CC=C(c3ccc4cc(-c5cnc(C6C7CCC(C7)N6C(=O)C(NC(=O)OC)C(C)C)[nH]5)ccc4c3)CC2)=N1)C(C)C. The number of hydrogen-bond donors (Lipinski definition) is 3. The first-order valence-corrected chi connectivity index (χ1v) is 24.1. The first-order chi connectivity index (χ1) is 31.2. The minimum absolute atomic E-state index is 0.0142. The predicted molar refractivity (Wildman–Crippen MR) is 252 cm³/mol. The molecule has 13 nitrogen and oxygen atoms in total. The maximum atomic E-state index is 14.2. The number of ether oxygens (including phenoxy) is 2. The highest BCUT2D eigenvalue weighted by atomic mass is 16.5. The number of imidazole rings is 1. The van der Waals surface area contributed by atoms with Gasteiger partial charge in [0.15, 0.2) is 0 Å². The molecule has 9 rings (SSSR count). The van der Waals surface area contributed by atoms with E-state index in [1.165, 1.54) is 42.0 Å². The number of fused-ring (bicyclic) bond motifs is 3. The van der Waals surface area contributed by atoms with Crippen molar-refractivity contribution in [1.82, 2.24) is 30.4 Å². The minimum Gasteiger partial charge on any atom is -0.453 e. The van der Waals surface area contributed by atoms with Gasteiger partial charge < -0.3 is 34.9 Å². The number of alkyl carbamates (subject to hydrolysis) is 2. The number of likely N-dealkylation sites (tertiary alicyclic amines) is 2. The molecule has 2 aromatic carbocycles. The van der Waals surface area contributed by atoms with Crippen molar-refractivity contribution in [3.63, 3.8) is 0 Å². The molecule has 346 valence electrons. The Bertz CT molecular complexity index is 2430. The summed E-state index contributed by atoms with van der Waals surface area (Å²) in [7, 11) is 2.66. The third kappa shape index (κ3) is 8.96. The second kappa shape index (κ2) is 18.1. The van der Waals surface area contributed by atoms with E-state index in [9.17, 15) is 19.2 Å². The average molecular weight is 886 g/mol. The first-order valence-electron chi connectivity index (χ1n) is 24.1. The van der Waals surface area contributed by atoms with Crippen LogP contribution >= 0.6 is 0 Å². The van der Waals surface area contributed by atoms with E-state index >= 15 is 0 Å². The molecule has 3 aromatic rings. The van der Waals surface area contributed by atoms with Crippen LogP contribution in [0.5, 0.6) is 0 Å². The number of aromatic nitrogens is 2. The van der Waals surface area contributed by atoms with Gasteiger partial charge in [-0.1, -0.05) is 71.0 Å². The minimum atomic E-state index is -0.675. The molecule has 0 radical (unpaired) electrons. The number of aliphatic imine (C=N–C) groups is 1. The molecule has 3 N–H and O–H groups in total. The van der Waals surface area contributed by atoms with Gasteiger partial charge in [0.25, 0.3) is 0 Å². The summed E-state index contributed by atoms with van der Waals surface area (Å²) in [6.45, 7) is 10.9. The maximum Gasteiger partial charge on any atom is 0.407 e. The van der Waals surface area contributed by atoms with Crippen molar-refractivity contribution in [2.45, 2.75) is 141 Å². The van der Waals surface area contributed by atoms with Crippen LogP contribution in [0.25, 0.3) is 27.6 Å². The number of aromatic amines is 1. The van der Waals surface area contributed by atoms with E-state index in [0.717, 1.165) is 99.6 Å². The summed E-state index contributed by atoms with van der Waals surface area (Å²) in [5.41, 5.74) is 7.16. The number of carbonyl (C=O) groups excluding carboxylic acids is 4. The third-order valence-electron chi connectivity index (χ3n) is 15.6. The summed E-state index contributed by atoms with van der Waals surface area (Å²) in [5, 5.41) is 7.92. The Balaban J connectivity index is 0.909. The maximum absolute atomic E-state index is 14.2. The van der Waals surface area contributed by atoms with Crippen molar-refractivity contribution in [2.75, 3.05) is 20.8 Å². The van der Waals surface area contributed by atoms with E-state index in [1.54, 1.807) is 0 Å². The van der Waals surface area contributed by atoms with Gasteiger partial charge >= 0.3 is 12.2 Å². The van der Waals surface area contributed by atoms with Crippen LogP contribution in [0.3, 0.4) is 0 Å². The zero-order chi connectivity index (χ0) is 45.7. The van der Waals surface area contributed by atoms with Crippen LogP contribution in [-0.2, 0) is 19.1 Å². The number of hydrogen-bond acceptors (Lipinski definition) is 8. The highest BCUT2D eigenvalue weighted by Crippen LogP contribution is 2.56. The quantitative estimate of drug-likeness (QED) is 0.173. The van der Waals surface area contributed by atoms with Crippen molar-refractivity contribution in [3.05, 3.63) is 71.7 Å². The van der Waals surface area contributed by atoms with Crippen LogP contribution < -0.4 is 10.6 Å². The molecular weight excluding hydrogens is 819 g/mol. The second-order valence-corrected chi connectivity index (χ2v) is 20.7. The number of carbonyl (C=O) groups is 4. The van der Waals surface area contributed by atoms with Gasteiger partial charge in [-0.2, -0.15) is 0 Å². The Labute approximate surface area is 383 Å². The van der Waals surface area contributed by atoms with Crippen molar-refractivity contribution >= 4 is 46.1 Å². The lowest BCUT2D eigenvalue weighted by molar-refractivity contribution is -0.139. The fourth-order valence-electron chi connectivity index (χ4n) is 11.7. The van der Waals surface area contributed by atoms with Gasteiger partial charge in [0, 0.05) is 23.9 Å². The molecule has 13 heteroatoms. The Kier molecular flexibility index (Phi) is 12.4. The number of nitrogens with one attached hydrogen (secondary N) is 3. The fraction of sp³-hybridized carbons (Fsp3) is 0.577. The van der Waals surface area contributed by atoms with Crippen molar-refractivity contribution < 1.29 is 28.7 Å². The largest absolute Gasteiger partial charge is 0.453 e. The van der Waals surface area contributed by atoms with Crippen LogP contribution in [0.1, 0.15) is 123 Å². The average Bonchev–Trinajstić information content (AvgIpc) is 3.67.